The van der Waals surface area contributed by atoms with Crippen molar-refractivity contribution in [1.82, 2.24) is 15.3 Å². The second-order valence-electron chi connectivity index (χ2n) is 8.28. The highest BCUT2D eigenvalue weighted by Gasteiger charge is 2.20. The number of anilines is 1. The fourth-order valence-corrected chi connectivity index (χ4v) is 4.02. The van der Waals surface area contributed by atoms with Gasteiger partial charge in [-0.2, -0.15) is 5.26 Å². The summed E-state index contributed by atoms with van der Waals surface area (Å²) in [6.45, 7) is 1.96. The Morgan fingerprint density at radius 1 is 1.17 bits per heavy atom. The summed E-state index contributed by atoms with van der Waals surface area (Å²) in [5.74, 6) is 0.521. The maximum absolute atomic E-state index is 12.9. The van der Waals surface area contributed by atoms with Crippen molar-refractivity contribution < 1.29 is 9.53 Å². The van der Waals surface area contributed by atoms with Gasteiger partial charge < -0.3 is 21.1 Å². The Hall–Kier alpha value is -4.03. The van der Waals surface area contributed by atoms with Gasteiger partial charge >= 0.3 is 0 Å². The van der Waals surface area contributed by atoms with E-state index < -0.39 is 11.9 Å². The van der Waals surface area contributed by atoms with E-state index in [0.29, 0.717) is 27.8 Å². The molecule has 2 aromatic carbocycles. The molecule has 2 unspecified atom stereocenters. The van der Waals surface area contributed by atoms with Crippen molar-refractivity contribution in [3.8, 4) is 22.9 Å². The molecule has 0 saturated heterocycles. The quantitative estimate of drug-likeness (QED) is 0.336. The summed E-state index contributed by atoms with van der Waals surface area (Å²) in [5.41, 5.74) is 9.41. The Labute approximate surface area is 214 Å². The first-order chi connectivity index (χ1) is 17.3. The Morgan fingerprint density at radius 3 is 2.64 bits per heavy atom. The van der Waals surface area contributed by atoms with Gasteiger partial charge in [-0.25, -0.2) is 9.97 Å². The summed E-state index contributed by atoms with van der Waals surface area (Å²) >= 11 is 5.90. The predicted octanol–water partition coefficient (Wildman–Crippen LogP) is 4.69. The summed E-state index contributed by atoms with van der Waals surface area (Å²) in [5, 5.41) is 17.5. The van der Waals surface area contributed by atoms with Crippen molar-refractivity contribution >= 4 is 34.1 Å². The molecule has 0 radical (unpaired) electrons. The third kappa shape index (κ3) is 5.14. The number of benzene rings is 2. The molecule has 0 spiro atoms. The number of pyridine rings is 2. The minimum Gasteiger partial charge on any atom is -0.496 e. The van der Waals surface area contributed by atoms with Crippen LogP contribution in [0.3, 0.4) is 0 Å². The van der Waals surface area contributed by atoms with Crippen LogP contribution >= 0.6 is 11.6 Å². The van der Waals surface area contributed by atoms with Crippen molar-refractivity contribution in [2.24, 2.45) is 5.73 Å². The SMILES string of the molecule is CNC(C)C(N)c1cc(-c2c(OC)ccc3cc(C#N)ccc23)cc(NC(=O)c2ccc(Cl)cn2)n1. The van der Waals surface area contributed by atoms with E-state index in [0.717, 1.165) is 21.9 Å². The van der Waals surface area contributed by atoms with Gasteiger partial charge in [-0.1, -0.05) is 23.7 Å². The highest BCUT2D eigenvalue weighted by Crippen LogP contribution is 2.39. The van der Waals surface area contributed by atoms with E-state index in [1.165, 1.54) is 12.3 Å². The Morgan fingerprint density at radius 2 is 1.97 bits per heavy atom. The van der Waals surface area contributed by atoms with Crippen LogP contribution in [0.25, 0.3) is 21.9 Å². The van der Waals surface area contributed by atoms with Gasteiger partial charge in [-0.3, -0.25) is 4.79 Å². The first-order valence-corrected chi connectivity index (χ1v) is 11.6. The normalized spacial score (nSPS) is 12.6. The number of methoxy groups -OCH3 is 1. The fourth-order valence-electron chi connectivity index (χ4n) is 3.90. The smallest absolute Gasteiger partial charge is 0.275 e. The molecule has 36 heavy (non-hydrogen) atoms. The minimum absolute atomic E-state index is 0.0816. The number of nitriles is 1. The number of hydrogen-bond acceptors (Lipinski definition) is 7. The number of carbonyl (C=O) groups excluding carboxylic acids is 1. The lowest BCUT2D eigenvalue weighted by atomic mass is 9.94. The summed E-state index contributed by atoms with van der Waals surface area (Å²) in [4.78, 5) is 21.6. The van der Waals surface area contributed by atoms with Gasteiger partial charge in [0.05, 0.1) is 35.5 Å². The highest BCUT2D eigenvalue weighted by atomic mass is 35.5. The number of nitrogens with zero attached hydrogens (tertiary/aromatic N) is 3. The van der Waals surface area contributed by atoms with E-state index in [-0.39, 0.29) is 11.7 Å². The summed E-state index contributed by atoms with van der Waals surface area (Å²) in [6, 6.07) is 17.7. The summed E-state index contributed by atoms with van der Waals surface area (Å²) in [7, 11) is 3.42. The number of amides is 1. The Bertz CT molecular complexity index is 1470. The molecule has 0 fully saturated rings. The van der Waals surface area contributed by atoms with Crippen molar-refractivity contribution in [3.63, 3.8) is 0 Å². The van der Waals surface area contributed by atoms with Crippen molar-refractivity contribution in [2.75, 3.05) is 19.5 Å². The molecule has 4 rings (SSSR count). The van der Waals surface area contributed by atoms with Gasteiger partial charge in [0.25, 0.3) is 5.91 Å². The van der Waals surface area contributed by atoms with Crippen LogP contribution in [0.1, 0.15) is 34.7 Å². The molecule has 8 nitrogen and oxygen atoms in total. The van der Waals surface area contributed by atoms with Crippen LogP contribution in [0.4, 0.5) is 5.82 Å². The lowest BCUT2D eigenvalue weighted by Crippen LogP contribution is -2.34. The summed E-state index contributed by atoms with van der Waals surface area (Å²) in [6.07, 6.45) is 1.41. The zero-order valence-corrected chi connectivity index (χ0v) is 20.8. The van der Waals surface area contributed by atoms with Gasteiger partial charge in [0.2, 0.25) is 0 Å². The molecule has 182 valence electrons. The zero-order valence-electron chi connectivity index (χ0n) is 20.0. The number of rotatable bonds is 7. The van der Waals surface area contributed by atoms with Crippen LogP contribution < -0.4 is 21.1 Å². The van der Waals surface area contributed by atoms with Gasteiger partial charge in [0.1, 0.15) is 17.3 Å². The first-order valence-electron chi connectivity index (χ1n) is 11.2. The Kier molecular flexibility index (Phi) is 7.46. The molecule has 1 amide bonds. The maximum Gasteiger partial charge on any atom is 0.275 e. The molecule has 0 saturated carbocycles. The Balaban J connectivity index is 1.88. The van der Waals surface area contributed by atoms with Crippen molar-refractivity contribution in [3.05, 3.63) is 82.8 Å². The molecule has 0 bridgehead atoms. The fraction of sp³-hybridized carbons (Fsp3) is 0.185. The second-order valence-corrected chi connectivity index (χ2v) is 8.71. The molecule has 0 aliphatic heterocycles. The predicted molar refractivity (Wildman–Crippen MR) is 141 cm³/mol. The average molecular weight is 501 g/mol. The van der Waals surface area contributed by atoms with E-state index >= 15 is 0 Å². The molecule has 0 aliphatic carbocycles. The number of carbonyl (C=O) groups is 1. The lowest BCUT2D eigenvalue weighted by molar-refractivity contribution is 0.102. The first kappa shape index (κ1) is 25.1. The van der Waals surface area contributed by atoms with Crippen LogP contribution in [0, 0.1) is 11.3 Å². The van der Waals surface area contributed by atoms with E-state index in [4.69, 9.17) is 22.1 Å². The van der Waals surface area contributed by atoms with Crippen LogP contribution in [-0.4, -0.2) is 36.1 Å². The molecule has 4 N–H and O–H groups in total. The number of aromatic nitrogens is 2. The summed E-state index contributed by atoms with van der Waals surface area (Å²) < 4.78 is 5.70. The third-order valence-electron chi connectivity index (χ3n) is 6.00. The maximum atomic E-state index is 12.9. The monoisotopic (exact) mass is 500 g/mol. The number of fused-ring (bicyclic) bond motifs is 1. The average Bonchev–Trinajstić information content (AvgIpc) is 2.91. The van der Waals surface area contributed by atoms with Gasteiger partial charge in [-0.05, 0) is 72.8 Å². The standard InChI is InChI=1S/C27H25ClN6O2/c1-15(31-2)26(30)22-11-18(12-24(33-22)34-27(35)21-8-6-19(28)14-32-21)25-20-7-4-16(13-29)10-17(20)5-9-23(25)36-3/h4-12,14-15,26,31H,30H2,1-3H3,(H,33,34,35). The van der Waals surface area contributed by atoms with Crippen molar-refractivity contribution in [2.45, 2.75) is 19.0 Å². The molecule has 9 heteroatoms. The molecular formula is C27H25ClN6O2. The van der Waals surface area contributed by atoms with E-state index in [1.54, 1.807) is 25.3 Å². The van der Waals surface area contributed by atoms with Crippen LogP contribution in [-0.2, 0) is 0 Å². The number of nitrogens with two attached hydrogens (primary N) is 1. The van der Waals surface area contributed by atoms with E-state index in [1.807, 2.05) is 44.3 Å². The minimum atomic E-state index is -0.453. The van der Waals surface area contributed by atoms with Gasteiger partial charge in [-0.15, -0.1) is 0 Å². The number of halogens is 1. The van der Waals surface area contributed by atoms with Crippen molar-refractivity contribution in [1.29, 1.82) is 5.26 Å². The van der Waals surface area contributed by atoms with Crippen LogP contribution in [0.2, 0.25) is 5.02 Å². The molecule has 0 aliphatic rings. The molecule has 2 heterocycles. The van der Waals surface area contributed by atoms with E-state index in [2.05, 4.69) is 26.7 Å². The van der Waals surface area contributed by atoms with Crippen LogP contribution in [0.5, 0.6) is 5.75 Å². The molecule has 4 aromatic rings. The third-order valence-corrected chi connectivity index (χ3v) is 6.23. The van der Waals surface area contributed by atoms with Crippen LogP contribution in [0.15, 0.2) is 60.8 Å². The molecule has 2 atom stereocenters. The topological polar surface area (TPSA) is 126 Å². The van der Waals surface area contributed by atoms with Gasteiger partial charge in [0, 0.05) is 17.8 Å². The number of nitrogens with one attached hydrogen (secondary N) is 2. The molecular weight excluding hydrogens is 476 g/mol. The highest BCUT2D eigenvalue weighted by molar-refractivity contribution is 6.30. The lowest BCUT2D eigenvalue weighted by Gasteiger charge is -2.21. The van der Waals surface area contributed by atoms with Gasteiger partial charge in [0.15, 0.2) is 0 Å². The molecule has 2 aromatic heterocycles. The largest absolute Gasteiger partial charge is 0.496 e. The van der Waals surface area contributed by atoms with E-state index in [9.17, 15) is 10.1 Å². The second kappa shape index (κ2) is 10.7. The zero-order chi connectivity index (χ0) is 25.8. The number of likely N-dealkylation sites (N-methyl/N-ethyl adjacent to an activating group) is 1. The number of ether oxygens (including phenoxy) is 1. The number of hydrogen-bond donors (Lipinski definition) is 3.